The van der Waals surface area contributed by atoms with E-state index in [0.29, 0.717) is 11.5 Å². The fraction of sp³-hybridized carbons (Fsp3) is 0.462. The molecule has 2 unspecified atom stereocenters. The molecule has 2 rings (SSSR count). The summed E-state index contributed by atoms with van der Waals surface area (Å²) < 4.78 is 5.91. The average molecular weight is 234 g/mol. The minimum Gasteiger partial charge on any atom is -0.490 e. The van der Waals surface area contributed by atoms with Crippen molar-refractivity contribution in [3.63, 3.8) is 0 Å². The number of rotatable bonds is 3. The Morgan fingerprint density at radius 1 is 1.41 bits per heavy atom. The van der Waals surface area contributed by atoms with E-state index in [4.69, 9.17) is 10.5 Å². The number of carbonyl (C=O) groups is 1. The Labute approximate surface area is 101 Å². The Morgan fingerprint density at radius 2 is 2.12 bits per heavy atom. The van der Waals surface area contributed by atoms with Crippen molar-refractivity contribution in [2.75, 3.05) is 13.1 Å². The molecule has 1 aromatic rings. The summed E-state index contributed by atoms with van der Waals surface area (Å²) in [5.74, 6) is 0.889. The number of hydrogen-bond donors (Lipinski definition) is 2. The maximum atomic E-state index is 10.9. The molecule has 0 bridgehead atoms. The van der Waals surface area contributed by atoms with Crippen LogP contribution in [0.4, 0.5) is 0 Å². The van der Waals surface area contributed by atoms with Crippen LogP contribution in [0.1, 0.15) is 23.7 Å². The maximum Gasteiger partial charge on any atom is 0.248 e. The van der Waals surface area contributed by atoms with Crippen LogP contribution < -0.4 is 15.8 Å². The molecule has 0 spiro atoms. The Hall–Kier alpha value is -1.55. The van der Waals surface area contributed by atoms with Crippen LogP contribution in [0.15, 0.2) is 24.3 Å². The molecule has 1 saturated heterocycles. The molecule has 17 heavy (non-hydrogen) atoms. The summed E-state index contributed by atoms with van der Waals surface area (Å²) in [6.07, 6.45) is 1.26. The van der Waals surface area contributed by atoms with Gasteiger partial charge in [0.1, 0.15) is 11.9 Å². The van der Waals surface area contributed by atoms with E-state index in [9.17, 15) is 4.79 Å². The second kappa shape index (κ2) is 5.19. The maximum absolute atomic E-state index is 10.9. The van der Waals surface area contributed by atoms with Gasteiger partial charge in [0.05, 0.1) is 0 Å². The van der Waals surface area contributed by atoms with Gasteiger partial charge in [-0.15, -0.1) is 0 Å². The lowest BCUT2D eigenvalue weighted by Crippen LogP contribution is -2.41. The lowest BCUT2D eigenvalue weighted by atomic mass is 9.98. The summed E-state index contributed by atoms with van der Waals surface area (Å²) >= 11 is 0. The molecule has 1 aliphatic heterocycles. The molecule has 4 nitrogen and oxygen atoms in total. The van der Waals surface area contributed by atoms with Crippen molar-refractivity contribution in [1.82, 2.24) is 5.32 Å². The lowest BCUT2D eigenvalue weighted by molar-refractivity contribution is 0.0999. The van der Waals surface area contributed by atoms with Crippen LogP contribution in [-0.2, 0) is 0 Å². The van der Waals surface area contributed by atoms with Crippen LogP contribution in [0.5, 0.6) is 5.75 Å². The largest absolute Gasteiger partial charge is 0.490 e. The highest BCUT2D eigenvalue weighted by Gasteiger charge is 2.22. The molecule has 1 aromatic carbocycles. The number of nitrogens with one attached hydrogen (secondary N) is 1. The number of carbonyl (C=O) groups excluding carboxylic acids is 1. The number of primary amides is 1. The summed E-state index contributed by atoms with van der Waals surface area (Å²) in [5.41, 5.74) is 5.69. The van der Waals surface area contributed by atoms with Crippen molar-refractivity contribution in [2.24, 2.45) is 11.7 Å². The number of benzene rings is 1. The molecule has 2 atom stereocenters. The van der Waals surface area contributed by atoms with E-state index in [1.807, 2.05) is 0 Å². The first-order valence-electron chi connectivity index (χ1n) is 5.94. The van der Waals surface area contributed by atoms with E-state index in [1.165, 1.54) is 0 Å². The van der Waals surface area contributed by atoms with Crippen molar-refractivity contribution in [1.29, 1.82) is 0 Å². The summed E-state index contributed by atoms with van der Waals surface area (Å²) in [6, 6.07) is 7.00. The SMILES string of the molecule is CC1CNCCC1Oc1ccc(C(N)=O)cc1. The number of piperidine rings is 1. The third-order valence-corrected chi connectivity index (χ3v) is 3.13. The third kappa shape index (κ3) is 2.97. The van der Waals surface area contributed by atoms with Gasteiger partial charge in [0.25, 0.3) is 0 Å². The molecule has 92 valence electrons. The zero-order valence-electron chi connectivity index (χ0n) is 9.98. The van der Waals surface area contributed by atoms with Gasteiger partial charge in [-0.2, -0.15) is 0 Å². The predicted molar refractivity (Wildman–Crippen MR) is 66.0 cm³/mol. The Morgan fingerprint density at radius 3 is 2.71 bits per heavy atom. The van der Waals surface area contributed by atoms with Crippen LogP contribution >= 0.6 is 0 Å². The Bertz CT molecular complexity index is 389. The van der Waals surface area contributed by atoms with Gasteiger partial charge in [0, 0.05) is 18.0 Å². The molecule has 1 heterocycles. The standard InChI is InChI=1S/C13H18N2O2/c1-9-8-15-7-6-12(9)17-11-4-2-10(3-5-11)13(14)16/h2-5,9,12,15H,6-8H2,1H3,(H2,14,16). The van der Waals surface area contributed by atoms with Crippen LogP contribution in [-0.4, -0.2) is 25.1 Å². The van der Waals surface area contributed by atoms with Gasteiger partial charge in [-0.3, -0.25) is 4.79 Å². The van der Waals surface area contributed by atoms with E-state index < -0.39 is 5.91 Å². The van der Waals surface area contributed by atoms with E-state index >= 15 is 0 Å². The molecule has 1 amide bonds. The van der Waals surface area contributed by atoms with Crippen molar-refractivity contribution in [3.05, 3.63) is 29.8 Å². The first-order valence-corrected chi connectivity index (χ1v) is 5.94. The van der Waals surface area contributed by atoms with Crippen LogP contribution in [0, 0.1) is 5.92 Å². The van der Waals surface area contributed by atoms with E-state index in [0.717, 1.165) is 25.3 Å². The van der Waals surface area contributed by atoms with Gasteiger partial charge in [0.2, 0.25) is 5.91 Å². The van der Waals surface area contributed by atoms with E-state index in [2.05, 4.69) is 12.2 Å². The highest BCUT2D eigenvalue weighted by molar-refractivity contribution is 5.92. The van der Waals surface area contributed by atoms with Gasteiger partial charge in [-0.1, -0.05) is 6.92 Å². The zero-order chi connectivity index (χ0) is 12.3. The molecule has 1 aliphatic rings. The highest BCUT2D eigenvalue weighted by Crippen LogP contribution is 2.20. The van der Waals surface area contributed by atoms with Crippen LogP contribution in [0.2, 0.25) is 0 Å². The number of ether oxygens (including phenoxy) is 1. The average Bonchev–Trinajstić information content (AvgIpc) is 2.33. The molecule has 0 aromatic heterocycles. The minimum atomic E-state index is -0.410. The molecule has 3 N–H and O–H groups in total. The molecule has 1 fully saturated rings. The highest BCUT2D eigenvalue weighted by atomic mass is 16.5. The summed E-state index contributed by atoms with van der Waals surface area (Å²) in [4.78, 5) is 10.9. The fourth-order valence-corrected chi connectivity index (χ4v) is 2.04. The van der Waals surface area contributed by atoms with Crippen molar-refractivity contribution < 1.29 is 9.53 Å². The number of nitrogens with two attached hydrogens (primary N) is 1. The second-order valence-electron chi connectivity index (χ2n) is 4.52. The van der Waals surface area contributed by atoms with E-state index in [1.54, 1.807) is 24.3 Å². The van der Waals surface area contributed by atoms with Crippen LogP contribution in [0.3, 0.4) is 0 Å². The van der Waals surface area contributed by atoms with Gasteiger partial charge in [0.15, 0.2) is 0 Å². The number of amides is 1. The second-order valence-corrected chi connectivity index (χ2v) is 4.52. The molecule has 0 aliphatic carbocycles. The van der Waals surface area contributed by atoms with Crippen LogP contribution in [0.25, 0.3) is 0 Å². The minimum absolute atomic E-state index is 0.246. The van der Waals surface area contributed by atoms with Gasteiger partial charge in [-0.25, -0.2) is 0 Å². The Kier molecular flexibility index (Phi) is 3.64. The normalized spacial score (nSPS) is 24.3. The predicted octanol–water partition coefficient (Wildman–Crippen LogP) is 1.16. The molecule has 0 radical (unpaired) electrons. The first kappa shape index (κ1) is 11.9. The molecule has 0 saturated carbocycles. The molecular weight excluding hydrogens is 216 g/mol. The summed E-state index contributed by atoms with van der Waals surface area (Å²) in [6.45, 7) is 4.16. The number of hydrogen-bond acceptors (Lipinski definition) is 3. The van der Waals surface area contributed by atoms with Crippen molar-refractivity contribution in [2.45, 2.75) is 19.4 Å². The van der Waals surface area contributed by atoms with Gasteiger partial charge >= 0.3 is 0 Å². The van der Waals surface area contributed by atoms with Gasteiger partial charge < -0.3 is 15.8 Å². The monoisotopic (exact) mass is 234 g/mol. The summed E-state index contributed by atoms with van der Waals surface area (Å²) in [7, 11) is 0. The zero-order valence-corrected chi connectivity index (χ0v) is 9.98. The summed E-state index contributed by atoms with van der Waals surface area (Å²) in [5, 5.41) is 3.33. The van der Waals surface area contributed by atoms with E-state index in [-0.39, 0.29) is 6.10 Å². The van der Waals surface area contributed by atoms with Gasteiger partial charge in [-0.05, 0) is 37.2 Å². The first-order chi connectivity index (χ1) is 8.16. The van der Waals surface area contributed by atoms with Crippen molar-refractivity contribution in [3.8, 4) is 5.75 Å². The molecule has 4 heteroatoms. The quantitative estimate of drug-likeness (QED) is 0.825. The molecular formula is C13H18N2O2. The Balaban J connectivity index is 2.00. The third-order valence-electron chi connectivity index (χ3n) is 3.13. The fourth-order valence-electron chi connectivity index (χ4n) is 2.04. The van der Waals surface area contributed by atoms with Crippen molar-refractivity contribution >= 4 is 5.91 Å². The lowest BCUT2D eigenvalue weighted by Gasteiger charge is -2.30. The smallest absolute Gasteiger partial charge is 0.248 e. The topological polar surface area (TPSA) is 64.3 Å².